The highest BCUT2D eigenvalue weighted by Crippen LogP contribution is 2.23. The van der Waals surface area contributed by atoms with E-state index in [0.29, 0.717) is 12.5 Å². The van der Waals surface area contributed by atoms with Crippen molar-refractivity contribution in [3.05, 3.63) is 70.0 Å². The zero-order valence-corrected chi connectivity index (χ0v) is 14.7. The van der Waals surface area contributed by atoms with Gasteiger partial charge in [-0.05, 0) is 30.7 Å². The Kier molecular flexibility index (Phi) is 5.34. The Morgan fingerprint density at radius 1 is 1.21 bits per heavy atom. The third-order valence-electron chi connectivity index (χ3n) is 4.16. The lowest BCUT2D eigenvalue weighted by atomic mass is 10.1. The van der Waals surface area contributed by atoms with Gasteiger partial charge in [0, 0.05) is 6.07 Å². The van der Waals surface area contributed by atoms with Crippen molar-refractivity contribution >= 4 is 17.0 Å². The van der Waals surface area contributed by atoms with Crippen LogP contribution in [0.1, 0.15) is 31.6 Å². The highest BCUT2D eigenvalue weighted by molar-refractivity contribution is 5.78. The van der Waals surface area contributed by atoms with Crippen LogP contribution in [0.2, 0.25) is 0 Å². The van der Waals surface area contributed by atoms with Crippen LogP contribution in [0.5, 0.6) is 0 Å². The molecule has 1 aromatic heterocycles. The van der Waals surface area contributed by atoms with Gasteiger partial charge in [-0.1, -0.05) is 19.4 Å². The van der Waals surface area contributed by atoms with Crippen molar-refractivity contribution < 1.29 is 23.1 Å². The third-order valence-corrected chi connectivity index (χ3v) is 4.16. The molecule has 0 spiro atoms. The fraction of sp³-hybridized carbons (Fsp3) is 0.211. The van der Waals surface area contributed by atoms with Crippen LogP contribution in [-0.2, 0) is 0 Å². The van der Waals surface area contributed by atoms with E-state index in [1.54, 1.807) is 6.92 Å². The molecule has 0 bridgehead atoms. The number of aromatic nitrogens is 2. The molecule has 3 aromatic rings. The molecule has 6 nitrogen and oxygen atoms in total. The topological polar surface area (TPSA) is 84.2 Å². The number of rotatable bonds is 5. The average Bonchev–Trinajstić information content (AvgIpc) is 2.59. The molecule has 3 rings (SSSR count). The first kappa shape index (κ1) is 19.4. The number of fused-ring (bicyclic) bond motifs is 1. The molecule has 28 heavy (non-hydrogen) atoms. The van der Waals surface area contributed by atoms with Gasteiger partial charge in [0.1, 0.15) is 28.7 Å². The standard InChI is InChI=1S/C19H16F3N3O3/c1-2-4-15(24-19(27)28)17-23-14-6-3-5-13(22)16(14)18(26)25(17)12-8-10(20)7-11(21)9-12/h3,5-9,15,24H,2,4H2,1H3,(H,27,28). The molecule has 1 atom stereocenters. The quantitative estimate of drug-likeness (QED) is 0.691. The Labute approximate surface area is 157 Å². The van der Waals surface area contributed by atoms with Crippen LogP contribution in [0.25, 0.3) is 16.6 Å². The van der Waals surface area contributed by atoms with Crippen molar-refractivity contribution in [2.45, 2.75) is 25.8 Å². The molecule has 0 radical (unpaired) electrons. The number of amides is 1. The number of nitrogens with one attached hydrogen (secondary N) is 1. The Morgan fingerprint density at radius 2 is 1.89 bits per heavy atom. The second kappa shape index (κ2) is 7.71. The summed E-state index contributed by atoms with van der Waals surface area (Å²) in [4.78, 5) is 28.5. The minimum atomic E-state index is -1.36. The molecule has 0 saturated carbocycles. The van der Waals surface area contributed by atoms with Crippen LogP contribution in [0.4, 0.5) is 18.0 Å². The first-order valence-electron chi connectivity index (χ1n) is 8.49. The molecule has 0 fully saturated rings. The number of carboxylic acid groups (broad SMARTS) is 1. The number of hydrogen-bond donors (Lipinski definition) is 2. The summed E-state index contributed by atoms with van der Waals surface area (Å²) >= 11 is 0. The zero-order chi connectivity index (χ0) is 20.4. The fourth-order valence-corrected chi connectivity index (χ4v) is 3.06. The Bertz CT molecular complexity index is 1090. The third kappa shape index (κ3) is 3.68. The van der Waals surface area contributed by atoms with Gasteiger partial charge in [-0.25, -0.2) is 22.9 Å². The van der Waals surface area contributed by atoms with Gasteiger partial charge in [-0.2, -0.15) is 0 Å². The lowest BCUT2D eigenvalue weighted by Crippen LogP contribution is -2.34. The lowest BCUT2D eigenvalue weighted by molar-refractivity contribution is 0.188. The van der Waals surface area contributed by atoms with E-state index in [-0.39, 0.29) is 28.8 Å². The van der Waals surface area contributed by atoms with Gasteiger partial charge in [0.25, 0.3) is 5.56 Å². The average molecular weight is 391 g/mol. The van der Waals surface area contributed by atoms with Gasteiger partial charge in [0.05, 0.1) is 17.2 Å². The maximum Gasteiger partial charge on any atom is 0.405 e. The molecule has 1 amide bonds. The smallest absolute Gasteiger partial charge is 0.405 e. The molecule has 2 N–H and O–H groups in total. The number of halogens is 3. The predicted molar refractivity (Wildman–Crippen MR) is 96.0 cm³/mol. The number of benzene rings is 2. The first-order valence-corrected chi connectivity index (χ1v) is 8.49. The molecule has 2 aromatic carbocycles. The minimum Gasteiger partial charge on any atom is -0.465 e. The van der Waals surface area contributed by atoms with E-state index in [1.165, 1.54) is 12.1 Å². The van der Waals surface area contributed by atoms with E-state index >= 15 is 0 Å². The van der Waals surface area contributed by atoms with Crippen LogP contribution >= 0.6 is 0 Å². The largest absolute Gasteiger partial charge is 0.465 e. The van der Waals surface area contributed by atoms with Crippen molar-refractivity contribution in [2.75, 3.05) is 0 Å². The highest BCUT2D eigenvalue weighted by Gasteiger charge is 2.24. The monoisotopic (exact) mass is 391 g/mol. The number of nitrogens with zero attached hydrogens (tertiary/aromatic N) is 2. The summed E-state index contributed by atoms with van der Waals surface area (Å²) in [5, 5.41) is 11.0. The lowest BCUT2D eigenvalue weighted by Gasteiger charge is -2.21. The molecule has 1 heterocycles. The molecular weight excluding hydrogens is 375 g/mol. The minimum absolute atomic E-state index is 0.0152. The summed E-state index contributed by atoms with van der Waals surface area (Å²) in [5.74, 6) is -2.82. The van der Waals surface area contributed by atoms with E-state index in [1.807, 2.05) is 0 Å². The molecular formula is C19H16F3N3O3. The van der Waals surface area contributed by atoms with E-state index < -0.39 is 35.1 Å². The number of hydrogen-bond acceptors (Lipinski definition) is 3. The van der Waals surface area contributed by atoms with Gasteiger partial charge < -0.3 is 10.4 Å². The van der Waals surface area contributed by atoms with E-state index in [0.717, 1.165) is 22.8 Å². The van der Waals surface area contributed by atoms with Gasteiger partial charge in [0.2, 0.25) is 0 Å². The van der Waals surface area contributed by atoms with Crippen molar-refractivity contribution in [1.29, 1.82) is 0 Å². The van der Waals surface area contributed by atoms with Crippen LogP contribution < -0.4 is 10.9 Å². The van der Waals surface area contributed by atoms with Crippen LogP contribution in [0, 0.1) is 17.5 Å². The summed E-state index contributed by atoms with van der Waals surface area (Å²) < 4.78 is 42.7. The molecule has 146 valence electrons. The van der Waals surface area contributed by atoms with Gasteiger partial charge >= 0.3 is 6.09 Å². The molecule has 0 aliphatic rings. The molecule has 0 aliphatic carbocycles. The second-order valence-corrected chi connectivity index (χ2v) is 6.16. The van der Waals surface area contributed by atoms with E-state index in [9.17, 15) is 22.8 Å². The van der Waals surface area contributed by atoms with E-state index in [4.69, 9.17) is 5.11 Å². The summed E-state index contributed by atoms with van der Waals surface area (Å²) in [6.45, 7) is 1.79. The zero-order valence-electron chi connectivity index (χ0n) is 14.7. The summed E-state index contributed by atoms with van der Waals surface area (Å²) in [5.41, 5.74) is -1.10. The second-order valence-electron chi connectivity index (χ2n) is 6.16. The van der Waals surface area contributed by atoms with Crippen molar-refractivity contribution in [3.63, 3.8) is 0 Å². The molecule has 9 heteroatoms. The highest BCUT2D eigenvalue weighted by atomic mass is 19.1. The van der Waals surface area contributed by atoms with Gasteiger partial charge in [-0.15, -0.1) is 0 Å². The van der Waals surface area contributed by atoms with Crippen molar-refractivity contribution in [3.8, 4) is 5.69 Å². The van der Waals surface area contributed by atoms with Crippen LogP contribution in [0.15, 0.2) is 41.2 Å². The van der Waals surface area contributed by atoms with Gasteiger partial charge in [-0.3, -0.25) is 9.36 Å². The Balaban J connectivity index is 2.40. The first-order chi connectivity index (χ1) is 13.3. The maximum atomic E-state index is 14.3. The van der Waals surface area contributed by atoms with Crippen LogP contribution in [-0.4, -0.2) is 20.8 Å². The van der Waals surface area contributed by atoms with Crippen molar-refractivity contribution in [2.24, 2.45) is 0 Å². The molecule has 0 aliphatic heterocycles. The van der Waals surface area contributed by atoms with Crippen molar-refractivity contribution in [1.82, 2.24) is 14.9 Å². The molecule has 1 unspecified atom stereocenters. The predicted octanol–water partition coefficient (Wildman–Crippen LogP) is 3.91. The van der Waals surface area contributed by atoms with Crippen LogP contribution in [0.3, 0.4) is 0 Å². The fourth-order valence-electron chi connectivity index (χ4n) is 3.06. The van der Waals surface area contributed by atoms with Gasteiger partial charge in [0.15, 0.2) is 0 Å². The maximum absolute atomic E-state index is 14.3. The summed E-state index contributed by atoms with van der Waals surface area (Å²) in [6, 6.07) is 5.30. The molecule has 0 saturated heterocycles. The number of carbonyl (C=O) groups is 1. The summed E-state index contributed by atoms with van der Waals surface area (Å²) in [7, 11) is 0. The summed E-state index contributed by atoms with van der Waals surface area (Å²) in [6.07, 6.45) is -0.569. The normalized spacial score (nSPS) is 12.1. The SMILES string of the molecule is CCCC(NC(=O)O)c1nc2cccc(F)c2c(=O)n1-c1cc(F)cc(F)c1. The Morgan fingerprint density at radius 3 is 2.50 bits per heavy atom. The van der Waals surface area contributed by atoms with E-state index in [2.05, 4.69) is 10.3 Å². The Hall–Kier alpha value is -3.36.